The number of benzene rings is 2. The van der Waals surface area contributed by atoms with Gasteiger partial charge in [-0.05, 0) is 42.0 Å². The van der Waals surface area contributed by atoms with Crippen LogP contribution in [0.1, 0.15) is 5.56 Å². The summed E-state index contributed by atoms with van der Waals surface area (Å²) in [7, 11) is -3.43. The van der Waals surface area contributed by atoms with Crippen molar-refractivity contribution in [3.8, 4) is 5.75 Å². The van der Waals surface area contributed by atoms with E-state index >= 15 is 0 Å². The third-order valence-corrected chi connectivity index (χ3v) is 6.92. The molecule has 1 saturated heterocycles. The molecule has 0 aromatic heterocycles. The van der Waals surface area contributed by atoms with Crippen LogP contribution in [-0.4, -0.2) is 50.4 Å². The second kappa shape index (κ2) is 9.01. The minimum Gasteiger partial charge on any atom is -0.490 e. The van der Waals surface area contributed by atoms with Crippen molar-refractivity contribution >= 4 is 26.0 Å². The zero-order valence-electron chi connectivity index (χ0n) is 15.1. The molecular formula is C20H23BrN2O3S. The Balaban J connectivity index is 1.55. The Labute approximate surface area is 169 Å². The predicted octanol–water partition coefficient (Wildman–Crippen LogP) is 3.52. The van der Waals surface area contributed by atoms with Crippen LogP contribution >= 0.6 is 15.9 Å². The monoisotopic (exact) mass is 450 g/mol. The van der Waals surface area contributed by atoms with Crippen LogP contribution < -0.4 is 4.74 Å². The number of nitrogens with zero attached hydrogens (tertiary/aromatic N) is 2. The van der Waals surface area contributed by atoms with Crippen molar-refractivity contribution < 1.29 is 13.2 Å². The van der Waals surface area contributed by atoms with Gasteiger partial charge in [0, 0.05) is 37.2 Å². The average Bonchev–Trinajstić information content (AvgIpc) is 2.68. The predicted molar refractivity (Wildman–Crippen MR) is 110 cm³/mol. The molecule has 0 atom stereocenters. The van der Waals surface area contributed by atoms with Gasteiger partial charge in [-0.1, -0.05) is 40.7 Å². The SMILES string of the molecule is C=CCOc1ccc(CN2CCN(S(=O)(=O)c3ccc(Br)cc3)CC2)cc1. The lowest BCUT2D eigenvalue weighted by atomic mass is 10.2. The van der Waals surface area contributed by atoms with Crippen LogP contribution in [0.3, 0.4) is 0 Å². The van der Waals surface area contributed by atoms with Crippen LogP contribution in [0.4, 0.5) is 0 Å². The molecule has 0 saturated carbocycles. The van der Waals surface area contributed by atoms with Gasteiger partial charge in [0.25, 0.3) is 0 Å². The first kappa shape index (κ1) is 20.1. The average molecular weight is 451 g/mol. The van der Waals surface area contributed by atoms with E-state index in [1.807, 2.05) is 24.3 Å². The van der Waals surface area contributed by atoms with Gasteiger partial charge in [-0.25, -0.2) is 8.42 Å². The first-order chi connectivity index (χ1) is 13.0. The maximum Gasteiger partial charge on any atom is 0.243 e. The molecule has 27 heavy (non-hydrogen) atoms. The minimum atomic E-state index is -3.43. The van der Waals surface area contributed by atoms with Crippen LogP contribution in [0.25, 0.3) is 0 Å². The zero-order chi connectivity index (χ0) is 19.3. The van der Waals surface area contributed by atoms with Crippen LogP contribution in [-0.2, 0) is 16.6 Å². The minimum absolute atomic E-state index is 0.342. The van der Waals surface area contributed by atoms with Crippen LogP contribution in [0.15, 0.2) is 70.6 Å². The molecule has 1 aliphatic heterocycles. The fourth-order valence-corrected chi connectivity index (χ4v) is 4.67. The van der Waals surface area contributed by atoms with Gasteiger partial charge < -0.3 is 4.74 Å². The van der Waals surface area contributed by atoms with E-state index in [0.29, 0.717) is 37.7 Å². The summed E-state index contributed by atoms with van der Waals surface area (Å²) in [5.74, 6) is 0.823. The van der Waals surface area contributed by atoms with Crippen LogP contribution in [0.5, 0.6) is 5.75 Å². The summed E-state index contributed by atoms with van der Waals surface area (Å²) in [6, 6.07) is 14.8. The third-order valence-electron chi connectivity index (χ3n) is 4.48. The summed E-state index contributed by atoms with van der Waals surface area (Å²) in [6.45, 7) is 7.35. The molecule has 0 radical (unpaired) electrons. The topological polar surface area (TPSA) is 49.9 Å². The van der Waals surface area contributed by atoms with Crippen molar-refractivity contribution in [3.05, 3.63) is 71.2 Å². The molecule has 0 amide bonds. The van der Waals surface area contributed by atoms with E-state index in [1.165, 1.54) is 5.56 Å². The Morgan fingerprint density at radius 1 is 1.00 bits per heavy atom. The number of piperazine rings is 1. The fourth-order valence-electron chi connectivity index (χ4n) is 2.99. The van der Waals surface area contributed by atoms with E-state index in [-0.39, 0.29) is 0 Å². The normalized spacial score (nSPS) is 16.2. The smallest absolute Gasteiger partial charge is 0.243 e. The summed E-state index contributed by atoms with van der Waals surface area (Å²) >= 11 is 3.34. The molecule has 0 bridgehead atoms. The Bertz CT molecular complexity index is 859. The highest BCUT2D eigenvalue weighted by Gasteiger charge is 2.28. The second-order valence-electron chi connectivity index (χ2n) is 6.38. The first-order valence-corrected chi connectivity index (χ1v) is 11.0. The second-order valence-corrected chi connectivity index (χ2v) is 9.23. The fraction of sp³-hybridized carbons (Fsp3) is 0.300. The molecule has 1 heterocycles. The Kier molecular flexibility index (Phi) is 6.70. The van der Waals surface area contributed by atoms with Gasteiger partial charge in [0.1, 0.15) is 12.4 Å². The van der Waals surface area contributed by atoms with Gasteiger partial charge in [-0.3, -0.25) is 4.90 Å². The van der Waals surface area contributed by atoms with Crippen molar-refractivity contribution in [1.82, 2.24) is 9.21 Å². The largest absolute Gasteiger partial charge is 0.490 e. The highest BCUT2D eigenvalue weighted by molar-refractivity contribution is 9.10. The van der Waals surface area contributed by atoms with Gasteiger partial charge in [0.15, 0.2) is 0 Å². The molecule has 5 nitrogen and oxygen atoms in total. The summed E-state index contributed by atoms with van der Waals surface area (Å²) in [4.78, 5) is 2.61. The molecule has 0 aliphatic carbocycles. The van der Waals surface area contributed by atoms with E-state index in [4.69, 9.17) is 4.74 Å². The van der Waals surface area contributed by atoms with Gasteiger partial charge >= 0.3 is 0 Å². The Hall–Kier alpha value is -1.67. The highest BCUT2D eigenvalue weighted by Crippen LogP contribution is 2.21. The van der Waals surface area contributed by atoms with Crippen molar-refractivity contribution in [3.63, 3.8) is 0 Å². The summed E-state index contributed by atoms with van der Waals surface area (Å²) in [6.07, 6.45) is 1.72. The number of halogens is 1. The van der Waals surface area contributed by atoms with Gasteiger partial charge in [-0.2, -0.15) is 4.31 Å². The number of hydrogen-bond acceptors (Lipinski definition) is 4. The van der Waals surface area contributed by atoms with Crippen LogP contribution in [0.2, 0.25) is 0 Å². The van der Waals surface area contributed by atoms with Crippen molar-refractivity contribution in [2.45, 2.75) is 11.4 Å². The molecule has 7 heteroatoms. The molecule has 144 valence electrons. The molecule has 3 rings (SSSR count). The van der Waals surface area contributed by atoms with Gasteiger partial charge in [0.05, 0.1) is 4.90 Å². The summed E-state index contributed by atoms with van der Waals surface area (Å²) in [5, 5.41) is 0. The molecular weight excluding hydrogens is 428 g/mol. The molecule has 1 aliphatic rings. The van der Waals surface area contributed by atoms with Crippen molar-refractivity contribution in [2.24, 2.45) is 0 Å². The van der Waals surface area contributed by atoms with Crippen molar-refractivity contribution in [1.29, 1.82) is 0 Å². The van der Waals surface area contributed by atoms with E-state index in [1.54, 1.807) is 34.6 Å². The number of sulfonamides is 1. The molecule has 0 spiro atoms. The molecule has 2 aromatic carbocycles. The number of rotatable bonds is 7. The van der Waals surface area contributed by atoms with Gasteiger partial charge in [-0.15, -0.1) is 0 Å². The Morgan fingerprint density at radius 2 is 1.63 bits per heavy atom. The van der Waals surface area contributed by atoms with E-state index in [9.17, 15) is 8.42 Å². The lowest BCUT2D eigenvalue weighted by molar-refractivity contribution is 0.181. The molecule has 1 fully saturated rings. The maximum absolute atomic E-state index is 12.8. The molecule has 2 aromatic rings. The summed E-state index contributed by atoms with van der Waals surface area (Å²) in [5.41, 5.74) is 1.19. The molecule has 0 unspecified atom stereocenters. The lowest BCUT2D eigenvalue weighted by Crippen LogP contribution is -2.48. The van der Waals surface area contributed by atoms with E-state index in [2.05, 4.69) is 27.4 Å². The quantitative estimate of drug-likeness (QED) is 0.605. The number of ether oxygens (including phenoxy) is 1. The molecule has 0 N–H and O–H groups in total. The third kappa shape index (κ3) is 5.19. The Morgan fingerprint density at radius 3 is 2.22 bits per heavy atom. The number of hydrogen-bond donors (Lipinski definition) is 0. The first-order valence-electron chi connectivity index (χ1n) is 8.80. The highest BCUT2D eigenvalue weighted by atomic mass is 79.9. The van der Waals surface area contributed by atoms with Gasteiger partial charge in [0.2, 0.25) is 10.0 Å². The lowest BCUT2D eigenvalue weighted by Gasteiger charge is -2.34. The maximum atomic E-state index is 12.8. The van der Waals surface area contributed by atoms with Crippen molar-refractivity contribution in [2.75, 3.05) is 32.8 Å². The van der Waals surface area contributed by atoms with E-state index < -0.39 is 10.0 Å². The van der Waals surface area contributed by atoms with Crippen LogP contribution in [0, 0.1) is 0 Å². The summed E-state index contributed by atoms with van der Waals surface area (Å²) < 4.78 is 33.4. The zero-order valence-corrected chi connectivity index (χ0v) is 17.5. The van der Waals surface area contributed by atoms with E-state index in [0.717, 1.165) is 16.8 Å². The standard InChI is InChI=1S/C20H23BrN2O3S/c1-2-15-26-19-7-3-17(4-8-19)16-22-11-13-23(14-12-22)27(24,25)20-9-5-18(21)6-10-20/h2-10H,1,11-16H2.